The summed E-state index contributed by atoms with van der Waals surface area (Å²) >= 11 is 0. The smallest absolute Gasteiger partial charge is 0.266 e. The van der Waals surface area contributed by atoms with Crippen LogP contribution in [0.15, 0.2) is 0 Å². The van der Waals surface area contributed by atoms with Gasteiger partial charge in [0.2, 0.25) is 0 Å². The zero-order valence-corrected chi connectivity index (χ0v) is 9.24. The molecule has 7 nitrogen and oxygen atoms in total. The fourth-order valence-corrected chi connectivity index (χ4v) is 1.88. The molecule has 0 spiro atoms. The third-order valence-corrected chi connectivity index (χ3v) is 2.84. The van der Waals surface area contributed by atoms with Crippen LogP contribution < -0.4 is 5.32 Å². The fourth-order valence-electron chi connectivity index (χ4n) is 1.17. The lowest BCUT2D eigenvalue weighted by Crippen LogP contribution is -2.58. The quantitative estimate of drug-likeness (QED) is 0.314. The van der Waals surface area contributed by atoms with Gasteiger partial charge in [-0.2, -0.15) is 8.42 Å². The van der Waals surface area contributed by atoms with E-state index in [-0.39, 0.29) is 0 Å². The molecule has 0 aromatic rings. The van der Waals surface area contributed by atoms with Gasteiger partial charge in [0.15, 0.2) is 0 Å². The summed E-state index contributed by atoms with van der Waals surface area (Å²) in [5, 5.41) is 29.3. The van der Waals surface area contributed by atoms with Gasteiger partial charge in [-0.3, -0.25) is 4.55 Å². The Balaban J connectivity index is 4.42. The SMILES string of the molecule is C[C@@H](CS(=O)(=O)O)NC(CO)(CO)CO. The van der Waals surface area contributed by atoms with Crippen LogP contribution in [0, 0.1) is 0 Å². The number of aliphatic hydroxyl groups is 3. The average Bonchev–Trinajstić information content (AvgIpc) is 2.11. The average molecular weight is 243 g/mol. The molecule has 0 aromatic carbocycles. The molecule has 0 rings (SSSR count). The van der Waals surface area contributed by atoms with E-state index in [1.54, 1.807) is 0 Å². The van der Waals surface area contributed by atoms with Gasteiger partial charge < -0.3 is 20.6 Å². The number of nitrogens with one attached hydrogen (secondary N) is 1. The zero-order chi connectivity index (χ0) is 12.1. The van der Waals surface area contributed by atoms with Crippen LogP contribution in [0.3, 0.4) is 0 Å². The zero-order valence-electron chi connectivity index (χ0n) is 8.42. The molecular formula is C7H17NO6S. The summed E-state index contributed by atoms with van der Waals surface area (Å²) < 4.78 is 29.6. The van der Waals surface area contributed by atoms with Gasteiger partial charge in [0, 0.05) is 6.04 Å². The molecule has 0 saturated heterocycles. The summed E-state index contributed by atoms with van der Waals surface area (Å²) in [6.45, 7) is -0.190. The van der Waals surface area contributed by atoms with Crippen molar-refractivity contribution in [3.63, 3.8) is 0 Å². The lowest BCUT2D eigenvalue weighted by atomic mass is 10.0. The monoisotopic (exact) mass is 243 g/mol. The number of rotatable bonds is 7. The number of hydrogen-bond acceptors (Lipinski definition) is 6. The van der Waals surface area contributed by atoms with Crippen molar-refractivity contribution in [3.05, 3.63) is 0 Å². The van der Waals surface area contributed by atoms with Crippen molar-refractivity contribution in [3.8, 4) is 0 Å². The van der Waals surface area contributed by atoms with E-state index in [2.05, 4.69) is 5.32 Å². The maximum atomic E-state index is 10.5. The molecule has 0 saturated carbocycles. The van der Waals surface area contributed by atoms with Gasteiger partial charge >= 0.3 is 0 Å². The summed E-state index contributed by atoms with van der Waals surface area (Å²) in [4.78, 5) is 0. The van der Waals surface area contributed by atoms with Crippen LogP contribution in [0.25, 0.3) is 0 Å². The lowest BCUT2D eigenvalue weighted by Gasteiger charge is -2.31. The summed E-state index contributed by atoms with van der Waals surface area (Å²) in [6.07, 6.45) is 0. The Hall–Kier alpha value is -0.250. The highest BCUT2D eigenvalue weighted by atomic mass is 32.2. The molecule has 0 aliphatic heterocycles. The summed E-state index contributed by atoms with van der Waals surface area (Å²) in [5.74, 6) is -0.561. The molecule has 0 aliphatic carbocycles. The third kappa shape index (κ3) is 5.40. The van der Waals surface area contributed by atoms with Crippen LogP contribution in [-0.4, -0.2) is 65.4 Å². The van der Waals surface area contributed by atoms with Crippen molar-refractivity contribution in [2.45, 2.75) is 18.5 Å². The molecular weight excluding hydrogens is 226 g/mol. The number of hydrogen-bond donors (Lipinski definition) is 5. The molecule has 8 heteroatoms. The predicted molar refractivity (Wildman–Crippen MR) is 53.0 cm³/mol. The second kappa shape index (κ2) is 5.73. The molecule has 0 bridgehead atoms. The molecule has 0 fully saturated rings. The van der Waals surface area contributed by atoms with Crippen LogP contribution in [0.2, 0.25) is 0 Å². The molecule has 0 aliphatic rings. The molecule has 0 heterocycles. The minimum atomic E-state index is -4.13. The van der Waals surface area contributed by atoms with Gasteiger partial charge in [0.05, 0.1) is 31.1 Å². The molecule has 0 aromatic heterocycles. The summed E-state index contributed by atoms with van der Waals surface area (Å²) in [7, 11) is -4.13. The van der Waals surface area contributed by atoms with Gasteiger partial charge in [-0.05, 0) is 6.92 Å². The molecule has 0 radical (unpaired) electrons. The summed E-state index contributed by atoms with van der Waals surface area (Å²) in [5.41, 5.74) is -1.34. The largest absolute Gasteiger partial charge is 0.394 e. The Bertz CT molecular complexity index is 265. The highest BCUT2D eigenvalue weighted by Gasteiger charge is 2.30. The Labute approximate surface area is 88.5 Å². The predicted octanol–water partition coefficient (Wildman–Crippen LogP) is -2.43. The Morgan fingerprint density at radius 3 is 1.87 bits per heavy atom. The van der Waals surface area contributed by atoms with E-state index in [9.17, 15) is 8.42 Å². The first-order valence-corrected chi connectivity index (χ1v) is 5.95. The van der Waals surface area contributed by atoms with Crippen LogP contribution >= 0.6 is 0 Å². The van der Waals surface area contributed by atoms with Gasteiger partial charge in [0.1, 0.15) is 0 Å². The minimum Gasteiger partial charge on any atom is -0.394 e. The number of aliphatic hydroxyl groups excluding tert-OH is 3. The van der Waals surface area contributed by atoms with E-state index in [0.717, 1.165) is 0 Å². The van der Waals surface area contributed by atoms with Crippen molar-refractivity contribution in [2.24, 2.45) is 0 Å². The normalized spacial score (nSPS) is 15.3. The van der Waals surface area contributed by atoms with Crippen LogP contribution in [0.5, 0.6) is 0 Å². The van der Waals surface area contributed by atoms with Crippen LogP contribution in [-0.2, 0) is 10.1 Å². The Morgan fingerprint density at radius 1 is 1.20 bits per heavy atom. The van der Waals surface area contributed by atoms with Crippen molar-refractivity contribution in [2.75, 3.05) is 25.6 Å². The van der Waals surface area contributed by atoms with Crippen molar-refractivity contribution >= 4 is 10.1 Å². The second-order valence-electron chi connectivity index (χ2n) is 3.55. The minimum absolute atomic E-state index is 0.546. The highest BCUT2D eigenvalue weighted by molar-refractivity contribution is 7.85. The van der Waals surface area contributed by atoms with Crippen molar-refractivity contribution in [1.82, 2.24) is 5.32 Å². The van der Waals surface area contributed by atoms with Gasteiger partial charge in [-0.1, -0.05) is 0 Å². The van der Waals surface area contributed by atoms with Gasteiger partial charge in [-0.15, -0.1) is 0 Å². The second-order valence-corrected chi connectivity index (χ2v) is 5.05. The summed E-state index contributed by atoms with van der Waals surface area (Å²) in [6, 6.07) is -0.702. The molecule has 5 N–H and O–H groups in total. The fraction of sp³-hybridized carbons (Fsp3) is 1.00. The maximum Gasteiger partial charge on any atom is 0.266 e. The van der Waals surface area contributed by atoms with E-state index >= 15 is 0 Å². The van der Waals surface area contributed by atoms with E-state index < -0.39 is 47.3 Å². The van der Waals surface area contributed by atoms with E-state index in [4.69, 9.17) is 19.9 Å². The van der Waals surface area contributed by atoms with Crippen molar-refractivity contribution < 1.29 is 28.3 Å². The van der Waals surface area contributed by atoms with Crippen LogP contribution in [0.4, 0.5) is 0 Å². The molecule has 0 amide bonds. The first-order valence-electron chi connectivity index (χ1n) is 4.34. The van der Waals surface area contributed by atoms with E-state index in [1.807, 2.05) is 0 Å². The maximum absolute atomic E-state index is 10.5. The molecule has 0 unspecified atom stereocenters. The van der Waals surface area contributed by atoms with Crippen molar-refractivity contribution in [1.29, 1.82) is 0 Å². The lowest BCUT2D eigenvalue weighted by molar-refractivity contribution is 0.0371. The van der Waals surface area contributed by atoms with E-state index in [1.165, 1.54) is 6.92 Å². The third-order valence-electron chi connectivity index (χ3n) is 1.92. The highest BCUT2D eigenvalue weighted by Crippen LogP contribution is 2.04. The molecule has 92 valence electrons. The Kier molecular flexibility index (Phi) is 5.63. The van der Waals surface area contributed by atoms with Gasteiger partial charge in [-0.25, -0.2) is 0 Å². The topological polar surface area (TPSA) is 127 Å². The van der Waals surface area contributed by atoms with E-state index in [0.29, 0.717) is 0 Å². The van der Waals surface area contributed by atoms with Crippen LogP contribution in [0.1, 0.15) is 6.92 Å². The first-order chi connectivity index (χ1) is 6.78. The molecule has 1 atom stereocenters. The molecule has 15 heavy (non-hydrogen) atoms. The Morgan fingerprint density at radius 2 is 1.60 bits per heavy atom. The standard InChI is InChI=1S/C7H17NO6S/c1-6(2-15(12,13)14)8-7(3-9,4-10)5-11/h6,8-11H,2-5H2,1H3,(H,12,13,14)/t6-/m0/s1. The first kappa shape index (κ1) is 14.8. The van der Waals surface area contributed by atoms with Gasteiger partial charge in [0.25, 0.3) is 10.1 Å².